The van der Waals surface area contributed by atoms with Crippen LogP contribution in [0.3, 0.4) is 0 Å². The van der Waals surface area contributed by atoms with Gasteiger partial charge in [0.2, 0.25) is 17.7 Å². The first-order valence-corrected chi connectivity index (χ1v) is 23.0. The van der Waals surface area contributed by atoms with Gasteiger partial charge in [-0.05, 0) is 41.5 Å². The summed E-state index contributed by atoms with van der Waals surface area (Å²) in [6, 6.07) is 0. The van der Waals surface area contributed by atoms with Gasteiger partial charge in [-0.15, -0.1) is 35.3 Å². The van der Waals surface area contributed by atoms with E-state index >= 15 is 0 Å². The van der Waals surface area contributed by atoms with Gasteiger partial charge in [-0.3, -0.25) is 24.1 Å². The Hall–Kier alpha value is 0.0300. The molecule has 0 aromatic carbocycles. The molecule has 1 saturated heterocycles. The summed E-state index contributed by atoms with van der Waals surface area (Å²) in [7, 11) is 3.91. The summed E-state index contributed by atoms with van der Waals surface area (Å²) in [6.45, 7) is 50.0. The largest absolute Gasteiger partial charge is 0.351 e. The molecule has 0 aromatic rings. The molecule has 1 N–H and O–H groups in total. The molecule has 1 heterocycles. The van der Waals surface area contributed by atoms with E-state index in [0.29, 0.717) is 33.2 Å². The number of hydrogen-bond acceptors (Lipinski definition) is 9. The number of amides is 3. The van der Waals surface area contributed by atoms with Crippen molar-refractivity contribution < 1.29 is 19.2 Å². The Kier molecular flexibility index (Phi) is 23.2. The van der Waals surface area contributed by atoms with Crippen LogP contribution in [-0.2, 0) is 19.2 Å². The van der Waals surface area contributed by atoms with Gasteiger partial charge in [0.25, 0.3) is 0 Å². The number of nitrogens with one attached hydrogen (secondary N) is 1. The summed E-state index contributed by atoms with van der Waals surface area (Å²) in [4.78, 5) is 48.2. The molecule has 51 heavy (non-hydrogen) atoms. The second-order valence-corrected chi connectivity index (χ2v) is 30.2. The molecule has 1 rings (SSSR count). The highest BCUT2D eigenvalue weighted by atomic mass is 33.1. The van der Waals surface area contributed by atoms with E-state index in [9.17, 15) is 19.2 Å². The van der Waals surface area contributed by atoms with Crippen molar-refractivity contribution in [1.29, 1.82) is 0 Å². The lowest BCUT2D eigenvalue weighted by molar-refractivity contribution is -0.143. The third kappa shape index (κ3) is 35.5. The zero-order valence-electron chi connectivity index (χ0n) is 37.3. The lowest BCUT2D eigenvalue weighted by Gasteiger charge is -2.30. The van der Waals surface area contributed by atoms with Crippen LogP contribution in [0, 0.1) is 5.41 Å². The number of likely N-dealkylation sites (tertiary alicyclic amines) is 1. The molecule has 1 atom stereocenters. The van der Waals surface area contributed by atoms with Crippen molar-refractivity contribution in [3.63, 3.8) is 0 Å². The first-order chi connectivity index (χ1) is 22.0. The standard InChI is InChI=1S/C12H21NO2S.C10H21NOS.C10H20OS.C8H18S2/c1-11(2,3)13-9(14)7-8(10(13)15)16-12(4,5)6;1-9(2,3)11-8(12)7-13-10(4,5)6;1-9(2,3)8(11)7-12-10(4,5)6;1-7(2,3)9-10-8(4,5)6/h8H,7H2,1-6H3;7H2,1-6H3,(H,11,12);7H2,1-6H3;1-6H3. The first kappa shape index (κ1) is 55.4. The SMILES string of the molecule is CC(C)(C)NC(=O)CSC(C)(C)C.CC(C)(C)SC1CC(=O)N(C(C)(C)C)C1=O.CC(C)(C)SCC(=O)C(C)(C)C.CC(C)(C)SSC(C)(C)C. The third-order valence-electron chi connectivity index (χ3n) is 5.44. The van der Waals surface area contributed by atoms with Gasteiger partial charge in [0.05, 0.1) is 16.8 Å². The van der Waals surface area contributed by atoms with Crippen LogP contribution in [0.5, 0.6) is 0 Å². The molecule has 0 aromatic heterocycles. The third-order valence-corrected chi connectivity index (χ3v) is 13.7. The van der Waals surface area contributed by atoms with Crippen molar-refractivity contribution in [2.45, 2.75) is 213 Å². The predicted molar refractivity (Wildman–Crippen MR) is 239 cm³/mol. The van der Waals surface area contributed by atoms with Crippen LogP contribution in [0.1, 0.15) is 173 Å². The number of nitrogens with zero attached hydrogens (tertiary/aromatic N) is 1. The summed E-state index contributed by atoms with van der Waals surface area (Å²) in [5, 5.41) is 2.73. The summed E-state index contributed by atoms with van der Waals surface area (Å²) >= 11 is 4.97. The number of hydrogen-bond donors (Lipinski definition) is 1. The van der Waals surface area contributed by atoms with Crippen LogP contribution < -0.4 is 5.32 Å². The highest BCUT2D eigenvalue weighted by Crippen LogP contribution is 2.42. The van der Waals surface area contributed by atoms with Crippen LogP contribution in [0.15, 0.2) is 0 Å². The highest BCUT2D eigenvalue weighted by molar-refractivity contribution is 8.77. The van der Waals surface area contributed by atoms with Gasteiger partial charge in [-0.2, -0.15) is 0 Å². The van der Waals surface area contributed by atoms with Crippen LogP contribution in [0.25, 0.3) is 0 Å². The van der Waals surface area contributed by atoms with E-state index in [1.807, 2.05) is 83.9 Å². The van der Waals surface area contributed by atoms with Gasteiger partial charge in [-0.25, -0.2) is 0 Å². The van der Waals surface area contributed by atoms with Gasteiger partial charge < -0.3 is 5.32 Å². The van der Waals surface area contributed by atoms with E-state index in [2.05, 4.69) is 109 Å². The van der Waals surface area contributed by atoms with E-state index in [4.69, 9.17) is 0 Å². The van der Waals surface area contributed by atoms with Gasteiger partial charge >= 0.3 is 0 Å². The molecule has 6 nitrogen and oxygen atoms in total. The quantitative estimate of drug-likeness (QED) is 0.208. The fourth-order valence-corrected chi connectivity index (χ4v) is 8.23. The maximum absolute atomic E-state index is 12.1. The van der Waals surface area contributed by atoms with Crippen molar-refractivity contribution >= 4 is 80.4 Å². The zero-order chi connectivity index (χ0) is 41.8. The Bertz CT molecular complexity index is 1070. The number of thioether (sulfide) groups is 3. The smallest absolute Gasteiger partial charge is 0.243 e. The molecule has 1 aliphatic heterocycles. The molecule has 1 fully saturated rings. The maximum atomic E-state index is 12.1. The van der Waals surface area contributed by atoms with E-state index in [1.165, 1.54) is 4.90 Å². The number of Topliss-reactive ketones (excluding diaryl/α,β-unsaturated/α-hetero) is 1. The molecular formula is C40H80N2O4S5. The normalized spacial score (nSPS) is 16.3. The molecule has 3 amide bonds. The van der Waals surface area contributed by atoms with Crippen molar-refractivity contribution in [1.82, 2.24) is 10.2 Å². The zero-order valence-corrected chi connectivity index (χ0v) is 41.4. The van der Waals surface area contributed by atoms with E-state index in [0.717, 1.165) is 0 Å². The highest BCUT2D eigenvalue weighted by Gasteiger charge is 2.45. The Balaban J connectivity index is -0.000000612. The number of imide groups is 1. The topological polar surface area (TPSA) is 83.6 Å². The van der Waals surface area contributed by atoms with Gasteiger partial charge in [-0.1, -0.05) is 146 Å². The summed E-state index contributed by atoms with van der Waals surface area (Å²) in [5.74, 6) is 1.56. The predicted octanol–water partition coefficient (Wildman–Crippen LogP) is 12.0. The van der Waals surface area contributed by atoms with Crippen LogP contribution >= 0.6 is 56.9 Å². The van der Waals surface area contributed by atoms with Gasteiger partial charge in [0, 0.05) is 46.6 Å². The Labute approximate surface area is 337 Å². The number of carbonyl (C=O) groups excluding carboxylic acids is 4. The monoisotopic (exact) mass is 812 g/mol. The van der Waals surface area contributed by atoms with Gasteiger partial charge in [0.15, 0.2) is 0 Å². The molecule has 0 spiro atoms. The number of ketones is 1. The van der Waals surface area contributed by atoms with Crippen LogP contribution in [-0.4, -0.2) is 80.0 Å². The average molecular weight is 813 g/mol. The van der Waals surface area contributed by atoms with Crippen LogP contribution in [0.2, 0.25) is 0 Å². The van der Waals surface area contributed by atoms with E-state index in [1.54, 1.807) is 35.3 Å². The molecule has 1 unspecified atom stereocenters. The Morgan fingerprint density at radius 3 is 1.22 bits per heavy atom. The van der Waals surface area contributed by atoms with Crippen LogP contribution in [0.4, 0.5) is 0 Å². The molecule has 0 bridgehead atoms. The minimum Gasteiger partial charge on any atom is -0.351 e. The number of carbonyl (C=O) groups is 4. The lowest BCUT2D eigenvalue weighted by atomic mass is 9.92. The lowest BCUT2D eigenvalue weighted by Crippen LogP contribution is -2.46. The van der Waals surface area contributed by atoms with Crippen molar-refractivity contribution in [2.75, 3.05) is 11.5 Å². The minimum absolute atomic E-state index is 0.00843. The Morgan fingerprint density at radius 2 is 0.961 bits per heavy atom. The fourth-order valence-electron chi connectivity index (χ4n) is 3.31. The summed E-state index contributed by atoms with van der Waals surface area (Å²) in [5.41, 5.74) is -0.699. The number of rotatable bonds is 6. The first-order valence-electron chi connectivity index (χ1n) is 18.0. The molecule has 0 saturated carbocycles. The van der Waals surface area contributed by atoms with Crippen molar-refractivity contribution in [2.24, 2.45) is 5.41 Å². The Morgan fingerprint density at radius 1 is 0.588 bits per heavy atom. The molecular weight excluding hydrogens is 733 g/mol. The summed E-state index contributed by atoms with van der Waals surface area (Å²) in [6.07, 6.45) is 0.345. The molecule has 11 heteroatoms. The fraction of sp³-hybridized carbons (Fsp3) is 0.900. The van der Waals surface area contributed by atoms with Crippen molar-refractivity contribution in [3.8, 4) is 0 Å². The average Bonchev–Trinajstić information content (AvgIpc) is 3.09. The van der Waals surface area contributed by atoms with Gasteiger partial charge in [0.1, 0.15) is 5.78 Å². The maximum Gasteiger partial charge on any atom is 0.243 e. The van der Waals surface area contributed by atoms with Crippen molar-refractivity contribution in [3.05, 3.63) is 0 Å². The molecule has 0 aliphatic carbocycles. The molecule has 304 valence electrons. The second kappa shape index (κ2) is 21.4. The van der Waals surface area contributed by atoms with E-state index in [-0.39, 0.29) is 48.2 Å². The molecule has 1 aliphatic rings. The minimum atomic E-state index is -0.401. The molecule has 0 radical (unpaired) electrons. The summed E-state index contributed by atoms with van der Waals surface area (Å²) < 4.78 is 1.14. The second-order valence-electron chi connectivity index (χ2n) is 20.8. The van der Waals surface area contributed by atoms with E-state index < -0.39 is 5.54 Å².